The molecular formula is C15H26N4O2. The fourth-order valence-electron chi connectivity index (χ4n) is 3.38. The van der Waals surface area contributed by atoms with Gasteiger partial charge in [0.05, 0.1) is 6.54 Å². The molecule has 0 radical (unpaired) electrons. The van der Waals surface area contributed by atoms with E-state index in [9.17, 15) is 9.59 Å². The van der Waals surface area contributed by atoms with Crippen molar-refractivity contribution in [3.8, 4) is 0 Å². The summed E-state index contributed by atoms with van der Waals surface area (Å²) in [4.78, 5) is 25.6. The minimum absolute atomic E-state index is 0.246. The number of nitrogens with one attached hydrogen (secondary N) is 3. The van der Waals surface area contributed by atoms with E-state index < -0.39 is 6.03 Å². The largest absolute Gasteiger partial charge is 0.334 e. The second kappa shape index (κ2) is 7.56. The van der Waals surface area contributed by atoms with E-state index >= 15 is 0 Å². The van der Waals surface area contributed by atoms with Crippen LogP contribution in [0.25, 0.3) is 0 Å². The molecule has 0 aliphatic carbocycles. The molecule has 0 aromatic carbocycles. The molecule has 0 saturated carbocycles. The number of carbonyl (C=O) groups excluding carboxylic acids is 2. The Balaban J connectivity index is 1.80. The summed E-state index contributed by atoms with van der Waals surface area (Å²) in [5.41, 5.74) is 0. The number of hydrogen-bond donors (Lipinski definition) is 3. The Morgan fingerprint density at radius 1 is 1.33 bits per heavy atom. The highest BCUT2D eigenvalue weighted by molar-refractivity contribution is 5.95. The first-order valence-electron chi connectivity index (χ1n) is 7.81. The minimum Gasteiger partial charge on any atom is -0.334 e. The lowest BCUT2D eigenvalue weighted by Gasteiger charge is -2.36. The van der Waals surface area contributed by atoms with Crippen molar-refractivity contribution in [1.82, 2.24) is 20.9 Å². The SMILES string of the molecule is C=CCNC(=O)NC(=O)CN(CC)C1CC2CCC(C1)N2. The number of nitrogens with zero attached hydrogens (tertiary/aromatic N) is 1. The zero-order valence-electron chi connectivity index (χ0n) is 12.7. The first-order valence-corrected chi connectivity index (χ1v) is 7.81. The highest BCUT2D eigenvalue weighted by Gasteiger charge is 2.36. The first-order chi connectivity index (χ1) is 10.1. The fraction of sp³-hybridized carbons (Fsp3) is 0.733. The van der Waals surface area contributed by atoms with E-state index in [1.807, 2.05) is 0 Å². The molecule has 2 atom stereocenters. The van der Waals surface area contributed by atoms with Gasteiger partial charge in [0.15, 0.2) is 0 Å². The smallest absolute Gasteiger partial charge is 0.321 e. The Morgan fingerprint density at radius 3 is 2.57 bits per heavy atom. The van der Waals surface area contributed by atoms with Crippen molar-refractivity contribution in [2.75, 3.05) is 19.6 Å². The van der Waals surface area contributed by atoms with Crippen molar-refractivity contribution < 1.29 is 9.59 Å². The predicted octanol–water partition coefficient (Wildman–Crippen LogP) is 0.603. The molecule has 2 rings (SSSR count). The summed E-state index contributed by atoms with van der Waals surface area (Å²) in [6.45, 7) is 7.04. The van der Waals surface area contributed by atoms with Crippen molar-refractivity contribution in [1.29, 1.82) is 0 Å². The molecule has 2 unspecified atom stereocenters. The van der Waals surface area contributed by atoms with E-state index in [0.717, 1.165) is 19.4 Å². The molecular weight excluding hydrogens is 268 g/mol. The number of rotatable bonds is 6. The highest BCUT2D eigenvalue weighted by atomic mass is 16.2. The maximum atomic E-state index is 12.0. The summed E-state index contributed by atoms with van der Waals surface area (Å²) in [6.07, 6.45) is 6.26. The lowest BCUT2D eigenvalue weighted by molar-refractivity contribution is -0.121. The number of hydrogen-bond acceptors (Lipinski definition) is 4. The van der Waals surface area contributed by atoms with Crippen LogP contribution >= 0.6 is 0 Å². The summed E-state index contributed by atoms with van der Waals surface area (Å²) in [7, 11) is 0. The molecule has 21 heavy (non-hydrogen) atoms. The van der Waals surface area contributed by atoms with Crippen LogP contribution < -0.4 is 16.0 Å². The molecule has 2 fully saturated rings. The molecule has 2 saturated heterocycles. The third kappa shape index (κ3) is 4.54. The standard InChI is InChI=1S/C15H26N4O2/c1-3-7-16-15(21)18-14(20)10-19(4-2)13-8-11-5-6-12(9-13)17-11/h3,11-13,17H,1,4-10H2,2H3,(H2,16,18,20,21). The molecule has 6 heteroatoms. The summed E-state index contributed by atoms with van der Waals surface area (Å²) in [5.74, 6) is -0.246. The van der Waals surface area contributed by atoms with Gasteiger partial charge >= 0.3 is 6.03 Å². The van der Waals surface area contributed by atoms with Crippen LogP contribution in [-0.4, -0.2) is 54.6 Å². The van der Waals surface area contributed by atoms with E-state index in [2.05, 4.69) is 34.4 Å². The Kier molecular flexibility index (Phi) is 5.76. The molecule has 0 aromatic heterocycles. The van der Waals surface area contributed by atoms with E-state index in [1.165, 1.54) is 12.8 Å². The van der Waals surface area contributed by atoms with Gasteiger partial charge in [0.25, 0.3) is 0 Å². The normalized spacial score (nSPS) is 27.4. The van der Waals surface area contributed by atoms with Gasteiger partial charge in [-0.15, -0.1) is 6.58 Å². The summed E-state index contributed by atoms with van der Waals surface area (Å²) >= 11 is 0. The van der Waals surface area contributed by atoms with Crippen LogP contribution in [0.2, 0.25) is 0 Å². The average molecular weight is 294 g/mol. The average Bonchev–Trinajstić information content (AvgIpc) is 2.81. The summed E-state index contributed by atoms with van der Waals surface area (Å²) in [5, 5.41) is 8.51. The second-order valence-electron chi connectivity index (χ2n) is 5.87. The Bertz CT molecular complexity index is 387. The van der Waals surface area contributed by atoms with Crippen LogP contribution in [-0.2, 0) is 4.79 Å². The number of urea groups is 1. The van der Waals surface area contributed by atoms with E-state index in [4.69, 9.17) is 0 Å². The van der Waals surface area contributed by atoms with Gasteiger partial charge in [-0.05, 0) is 32.2 Å². The lowest BCUT2D eigenvalue weighted by Crippen LogP contribution is -2.52. The van der Waals surface area contributed by atoms with Gasteiger partial charge in [-0.1, -0.05) is 13.0 Å². The van der Waals surface area contributed by atoms with Gasteiger partial charge in [-0.3, -0.25) is 15.0 Å². The van der Waals surface area contributed by atoms with Gasteiger partial charge in [-0.25, -0.2) is 4.79 Å². The van der Waals surface area contributed by atoms with Crippen LogP contribution in [0, 0.1) is 0 Å². The van der Waals surface area contributed by atoms with Crippen LogP contribution in [0.4, 0.5) is 4.79 Å². The Labute approximate surface area is 126 Å². The van der Waals surface area contributed by atoms with Crippen molar-refractivity contribution in [3.05, 3.63) is 12.7 Å². The molecule has 0 aromatic rings. The summed E-state index contributed by atoms with van der Waals surface area (Å²) in [6, 6.07) is 1.18. The molecule has 2 aliphatic heterocycles. The highest BCUT2D eigenvalue weighted by Crippen LogP contribution is 2.29. The minimum atomic E-state index is -0.457. The van der Waals surface area contributed by atoms with Gasteiger partial charge in [0.2, 0.25) is 5.91 Å². The molecule has 118 valence electrons. The third-order valence-corrected chi connectivity index (χ3v) is 4.38. The zero-order chi connectivity index (χ0) is 15.2. The van der Waals surface area contributed by atoms with Gasteiger partial charge in [-0.2, -0.15) is 0 Å². The number of fused-ring (bicyclic) bond motifs is 2. The van der Waals surface area contributed by atoms with Gasteiger partial charge in [0.1, 0.15) is 0 Å². The topological polar surface area (TPSA) is 73.5 Å². The Hall–Kier alpha value is -1.40. The summed E-state index contributed by atoms with van der Waals surface area (Å²) < 4.78 is 0. The van der Waals surface area contributed by atoms with Crippen molar-refractivity contribution in [2.24, 2.45) is 0 Å². The van der Waals surface area contributed by atoms with Crippen molar-refractivity contribution >= 4 is 11.9 Å². The van der Waals surface area contributed by atoms with Gasteiger partial charge < -0.3 is 10.6 Å². The number of likely N-dealkylation sites (N-methyl/N-ethyl adjacent to an activating group) is 1. The molecule has 2 aliphatic rings. The number of piperidine rings is 1. The number of imide groups is 1. The molecule has 0 spiro atoms. The number of carbonyl (C=O) groups is 2. The third-order valence-electron chi connectivity index (χ3n) is 4.38. The van der Waals surface area contributed by atoms with Crippen LogP contribution in [0.15, 0.2) is 12.7 Å². The second-order valence-corrected chi connectivity index (χ2v) is 5.87. The quantitative estimate of drug-likeness (QED) is 0.627. The van der Waals surface area contributed by atoms with Crippen LogP contribution in [0.1, 0.15) is 32.6 Å². The first kappa shape index (κ1) is 16.0. The molecule has 2 bridgehead atoms. The molecule has 3 N–H and O–H groups in total. The van der Waals surface area contributed by atoms with Crippen LogP contribution in [0.5, 0.6) is 0 Å². The molecule has 2 heterocycles. The monoisotopic (exact) mass is 294 g/mol. The van der Waals surface area contributed by atoms with Crippen LogP contribution in [0.3, 0.4) is 0 Å². The molecule has 6 nitrogen and oxygen atoms in total. The van der Waals surface area contributed by atoms with Gasteiger partial charge in [0, 0.05) is 24.7 Å². The van der Waals surface area contributed by atoms with E-state index in [1.54, 1.807) is 6.08 Å². The van der Waals surface area contributed by atoms with E-state index in [0.29, 0.717) is 24.7 Å². The maximum Gasteiger partial charge on any atom is 0.321 e. The molecule has 3 amide bonds. The predicted molar refractivity (Wildman–Crippen MR) is 82.0 cm³/mol. The fourth-order valence-corrected chi connectivity index (χ4v) is 3.38. The maximum absolute atomic E-state index is 12.0. The number of amides is 3. The lowest BCUT2D eigenvalue weighted by atomic mass is 9.98. The van der Waals surface area contributed by atoms with Crippen molar-refractivity contribution in [2.45, 2.75) is 50.7 Å². The Morgan fingerprint density at radius 2 is 2.00 bits per heavy atom. The van der Waals surface area contributed by atoms with E-state index in [-0.39, 0.29) is 12.5 Å². The van der Waals surface area contributed by atoms with Crippen molar-refractivity contribution in [3.63, 3.8) is 0 Å². The zero-order valence-corrected chi connectivity index (χ0v) is 12.7.